The van der Waals surface area contributed by atoms with Crippen molar-refractivity contribution in [3.05, 3.63) is 0 Å². The zero-order valence-electron chi connectivity index (χ0n) is 12.5. The van der Waals surface area contributed by atoms with Gasteiger partial charge in [0.1, 0.15) is 13.2 Å². The lowest BCUT2D eigenvalue weighted by atomic mass is 9.84. The maximum absolute atomic E-state index is 12.2. The lowest BCUT2D eigenvalue weighted by Gasteiger charge is -2.37. The van der Waals surface area contributed by atoms with E-state index in [4.69, 9.17) is 0 Å². The number of rotatable bonds is 6. The molecule has 2 aliphatic rings. The Labute approximate surface area is 123 Å². The Hall–Kier alpha value is -0.780. The summed E-state index contributed by atoms with van der Waals surface area (Å²) in [5, 5.41) is 0. The summed E-state index contributed by atoms with van der Waals surface area (Å²) in [5.41, 5.74) is 0. The minimum absolute atomic E-state index is 0.197. The van der Waals surface area contributed by atoms with Crippen molar-refractivity contribution >= 4 is 5.91 Å². The van der Waals surface area contributed by atoms with Crippen LogP contribution in [-0.4, -0.2) is 42.3 Å². The van der Waals surface area contributed by atoms with Crippen molar-refractivity contribution in [3.63, 3.8) is 0 Å². The Morgan fingerprint density at radius 1 is 1.10 bits per heavy atom. The van der Waals surface area contributed by atoms with Crippen LogP contribution in [0.25, 0.3) is 0 Å². The van der Waals surface area contributed by atoms with Gasteiger partial charge in [-0.1, -0.05) is 13.3 Å². The van der Waals surface area contributed by atoms with Gasteiger partial charge in [0, 0.05) is 12.1 Å². The quantitative estimate of drug-likeness (QED) is 0.751. The first kappa shape index (κ1) is 16.6. The van der Waals surface area contributed by atoms with E-state index >= 15 is 0 Å². The Kier molecular flexibility index (Phi) is 5.52. The van der Waals surface area contributed by atoms with Crippen LogP contribution in [0.1, 0.15) is 51.9 Å². The van der Waals surface area contributed by atoms with Gasteiger partial charge in [0.25, 0.3) is 0 Å². The fourth-order valence-corrected chi connectivity index (χ4v) is 3.22. The molecule has 0 heterocycles. The van der Waals surface area contributed by atoms with Crippen LogP contribution in [0.3, 0.4) is 0 Å². The lowest BCUT2D eigenvalue weighted by Crippen LogP contribution is -2.45. The number of halogens is 3. The fraction of sp³-hybridized carbons (Fsp3) is 0.933. The normalized spacial score (nSPS) is 26.7. The van der Waals surface area contributed by atoms with Crippen LogP contribution in [0.4, 0.5) is 13.2 Å². The van der Waals surface area contributed by atoms with E-state index in [0.717, 1.165) is 44.4 Å². The van der Waals surface area contributed by atoms with Crippen LogP contribution >= 0.6 is 0 Å². The first-order valence-electron chi connectivity index (χ1n) is 7.86. The molecule has 0 aromatic heterocycles. The Balaban J connectivity index is 1.83. The van der Waals surface area contributed by atoms with Crippen molar-refractivity contribution in [1.82, 2.24) is 4.90 Å². The van der Waals surface area contributed by atoms with Crippen LogP contribution in [0, 0.1) is 5.92 Å². The highest BCUT2D eigenvalue weighted by atomic mass is 19.4. The highest BCUT2D eigenvalue weighted by Crippen LogP contribution is 2.36. The van der Waals surface area contributed by atoms with Crippen LogP contribution in [0.2, 0.25) is 0 Å². The molecule has 6 heteroatoms. The average molecular weight is 307 g/mol. The molecule has 0 aromatic carbocycles. The summed E-state index contributed by atoms with van der Waals surface area (Å²) in [6, 6.07) is 0.428. The summed E-state index contributed by atoms with van der Waals surface area (Å²) in [4.78, 5) is 14.0. The van der Waals surface area contributed by atoms with E-state index in [1.807, 2.05) is 4.90 Å². The molecule has 0 bridgehead atoms. The maximum atomic E-state index is 12.2. The number of nitrogens with zero attached hydrogens (tertiary/aromatic N) is 1. The predicted molar refractivity (Wildman–Crippen MR) is 72.8 cm³/mol. The standard InChI is InChI=1S/C15H24F3NO2/c1-2-11-3-5-12(6-4-11)19(13-7-8-13)14(20)9-21-10-15(16,17)18/h11-13H,2-10H2,1H3. The Bertz CT molecular complexity index is 347. The topological polar surface area (TPSA) is 29.5 Å². The molecule has 0 radical (unpaired) electrons. The van der Waals surface area contributed by atoms with Gasteiger partial charge in [0.2, 0.25) is 5.91 Å². The van der Waals surface area contributed by atoms with Crippen molar-refractivity contribution in [3.8, 4) is 0 Å². The van der Waals surface area contributed by atoms with Gasteiger partial charge in [0.05, 0.1) is 0 Å². The molecule has 0 N–H and O–H groups in total. The largest absolute Gasteiger partial charge is 0.411 e. The van der Waals surface area contributed by atoms with Crippen molar-refractivity contribution in [1.29, 1.82) is 0 Å². The minimum Gasteiger partial charge on any atom is -0.362 e. The van der Waals surface area contributed by atoms with Crippen molar-refractivity contribution < 1.29 is 22.7 Å². The van der Waals surface area contributed by atoms with Crippen molar-refractivity contribution in [2.75, 3.05) is 13.2 Å². The highest BCUT2D eigenvalue weighted by molar-refractivity contribution is 5.78. The zero-order valence-corrected chi connectivity index (χ0v) is 12.5. The third kappa shape index (κ3) is 5.16. The number of carbonyl (C=O) groups excluding carboxylic acids is 1. The summed E-state index contributed by atoms with van der Waals surface area (Å²) in [5.74, 6) is 0.459. The molecular weight excluding hydrogens is 283 g/mol. The van der Waals surface area contributed by atoms with Gasteiger partial charge in [-0.2, -0.15) is 13.2 Å². The number of alkyl halides is 3. The van der Waals surface area contributed by atoms with Gasteiger partial charge < -0.3 is 9.64 Å². The summed E-state index contributed by atoms with van der Waals surface area (Å²) >= 11 is 0. The molecule has 0 atom stereocenters. The smallest absolute Gasteiger partial charge is 0.362 e. The molecule has 3 nitrogen and oxygen atoms in total. The Morgan fingerprint density at radius 2 is 1.62 bits per heavy atom. The molecule has 21 heavy (non-hydrogen) atoms. The maximum Gasteiger partial charge on any atom is 0.411 e. The summed E-state index contributed by atoms with van der Waals surface area (Å²) < 4.78 is 40.7. The second-order valence-corrected chi connectivity index (χ2v) is 6.22. The van der Waals surface area contributed by atoms with E-state index < -0.39 is 19.4 Å². The summed E-state index contributed by atoms with van der Waals surface area (Å²) in [6.07, 6.45) is 2.91. The number of carbonyl (C=O) groups is 1. The van der Waals surface area contributed by atoms with Gasteiger partial charge in [-0.25, -0.2) is 0 Å². The Morgan fingerprint density at radius 3 is 2.05 bits per heavy atom. The second-order valence-electron chi connectivity index (χ2n) is 6.22. The van der Waals surface area contributed by atoms with Crippen molar-refractivity contribution in [2.45, 2.75) is 70.1 Å². The highest BCUT2D eigenvalue weighted by Gasteiger charge is 2.39. The van der Waals surface area contributed by atoms with E-state index in [1.165, 1.54) is 6.42 Å². The number of hydrogen-bond acceptors (Lipinski definition) is 2. The van der Waals surface area contributed by atoms with E-state index in [0.29, 0.717) is 0 Å². The summed E-state index contributed by atoms with van der Waals surface area (Å²) in [6.45, 7) is 0.378. The van der Waals surface area contributed by atoms with E-state index in [9.17, 15) is 18.0 Å². The molecule has 0 saturated heterocycles. The van der Waals surface area contributed by atoms with E-state index in [-0.39, 0.29) is 18.0 Å². The molecule has 2 fully saturated rings. The number of ether oxygens (including phenoxy) is 1. The van der Waals surface area contributed by atoms with Crippen molar-refractivity contribution in [2.24, 2.45) is 5.92 Å². The molecule has 0 aliphatic heterocycles. The molecule has 0 aromatic rings. The molecule has 122 valence electrons. The van der Waals surface area contributed by atoms with Gasteiger partial charge >= 0.3 is 6.18 Å². The number of amides is 1. The average Bonchev–Trinajstić information content (AvgIpc) is 3.23. The van der Waals surface area contributed by atoms with Crippen LogP contribution in [-0.2, 0) is 9.53 Å². The first-order chi connectivity index (χ1) is 9.90. The third-order valence-electron chi connectivity index (χ3n) is 4.51. The fourth-order valence-electron chi connectivity index (χ4n) is 3.22. The predicted octanol–water partition coefficient (Wildman–Crippen LogP) is 3.53. The molecule has 2 aliphatic carbocycles. The third-order valence-corrected chi connectivity index (χ3v) is 4.51. The minimum atomic E-state index is -4.37. The molecular formula is C15H24F3NO2. The van der Waals surface area contributed by atoms with Gasteiger partial charge in [-0.05, 0) is 44.4 Å². The zero-order chi connectivity index (χ0) is 15.5. The van der Waals surface area contributed by atoms with E-state index in [1.54, 1.807) is 0 Å². The van der Waals surface area contributed by atoms with Gasteiger partial charge in [0.15, 0.2) is 0 Å². The molecule has 0 unspecified atom stereocenters. The lowest BCUT2D eigenvalue weighted by molar-refractivity contribution is -0.178. The molecule has 1 amide bonds. The molecule has 2 saturated carbocycles. The monoisotopic (exact) mass is 307 g/mol. The van der Waals surface area contributed by atoms with Gasteiger partial charge in [-0.3, -0.25) is 4.79 Å². The molecule has 0 spiro atoms. The van der Waals surface area contributed by atoms with Crippen LogP contribution < -0.4 is 0 Å². The van der Waals surface area contributed by atoms with E-state index in [2.05, 4.69) is 11.7 Å². The van der Waals surface area contributed by atoms with Gasteiger partial charge in [-0.15, -0.1) is 0 Å². The summed E-state index contributed by atoms with van der Waals surface area (Å²) in [7, 11) is 0. The number of hydrogen-bond donors (Lipinski definition) is 0. The molecule has 2 rings (SSSR count). The SMILES string of the molecule is CCC1CCC(N(C(=O)COCC(F)(F)F)C2CC2)CC1. The second kappa shape index (κ2) is 6.99. The van der Waals surface area contributed by atoms with Crippen LogP contribution in [0.5, 0.6) is 0 Å². The first-order valence-corrected chi connectivity index (χ1v) is 7.86. The van der Waals surface area contributed by atoms with Crippen LogP contribution in [0.15, 0.2) is 0 Å².